The minimum atomic E-state index is -0.191. The number of thiazole rings is 1. The molecule has 1 aliphatic rings. The van der Waals surface area contributed by atoms with Gasteiger partial charge in [-0.3, -0.25) is 4.79 Å². The third kappa shape index (κ3) is 5.05. The quantitative estimate of drug-likeness (QED) is 0.676. The van der Waals surface area contributed by atoms with Crippen molar-refractivity contribution in [1.82, 2.24) is 10.3 Å². The number of carbonyl (C=O) groups is 2. The van der Waals surface area contributed by atoms with Gasteiger partial charge in [-0.2, -0.15) is 0 Å². The third-order valence-electron chi connectivity index (χ3n) is 4.10. The smallest absolute Gasteiger partial charge is 0.319 e. The van der Waals surface area contributed by atoms with Crippen LogP contribution in [-0.2, 0) is 6.42 Å². The van der Waals surface area contributed by atoms with Gasteiger partial charge in [0.25, 0.3) is 5.91 Å². The van der Waals surface area contributed by atoms with Crippen LogP contribution in [-0.4, -0.2) is 23.0 Å². The minimum Gasteiger partial charge on any atom is -0.335 e. The van der Waals surface area contributed by atoms with E-state index in [1.54, 1.807) is 24.3 Å². The molecule has 6 nitrogen and oxygen atoms in total. The highest BCUT2D eigenvalue weighted by Crippen LogP contribution is 2.22. The summed E-state index contributed by atoms with van der Waals surface area (Å²) in [6.07, 6.45) is 5.21. The third-order valence-corrected chi connectivity index (χ3v) is 5.32. The molecule has 26 heavy (non-hydrogen) atoms. The molecule has 0 bridgehead atoms. The molecule has 0 saturated heterocycles. The summed E-state index contributed by atoms with van der Waals surface area (Å²) in [6.45, 7) is 4.01. The van der Waals surface area contributed by atoms with E-state index in [0.717, 1.165) is 42.8 Å². The number of nitrogens with one attached hydrogen (secondary N) is 3. The first-order valence-corrected chi connectivity index (χ1v) is 9.82. The van der Waals surface area contributed by atoms with Crippen molar-refractivity contribution in [2.24, 2.45) is 0 Å². The molecule has 0 radical (unpaired) electrons. The van der Waals surface area contributed by atoms with E-state index < -0.39 is 0 Å². The van der Waals surface area contributed by atoms with Gasteiger partial charge in [0.05, 0.1) is 10.7 Å². The van der Waals surface area contributed by atoms with Crippen LogP contribution in [0.15, 0.2) is 24.3 Å². The summed E-state index contributed by atoms with van der Waals surface area (Å²) >= 11 is 1.46. The largest absolute Gasteiger partial charge is 0.335 e. The zero-order valence-electron chi connectivity index (χ0n) is 15.1. The molecule has 3 N–H and O–H groups in total. The fraction of sp³-hybridized carbons (Fsp3) is 0.421. The molecule has 3 rings (SSSR count). The molecule has 1 fully saturated rings. The number of benzene rings is 1. The Hall–Kier alpha value is -2.41. The molecule has 3 amide bonds. The molecule has 2 aromatic rings. The molecule has 0 spiro atoms. The Bertz CT molecular complexity index is 781. The van der Waals surface area contributed by atoms with Crippen molar-refractivity contribution in [3.05, 3.63) is 39.8 Å². The van der Waals surface area contributed by atoms with Crippen LogP contribution in [0.1, 0.15) is 53.0 Å². The maximum Gasteiger partial charge on any atom is 0.319 e. The van der Waals surface area contributed by atoms with Crippen molar-refractivity contribution in [3.63, 3.8) is 0 Å². The topological polar surface area (TPSA) is 83.1 Å². The van der Waals surface area contributed by atoms with E-state index in [4.69, 9.17) is 0 Å². The van der Waals surface area contributed by atoms with E-state index in [1.165, 1.54) is 11.3 Å². The Morgan fingerprint density at radius 3 is 2.42 bits per heavy atom. The second-order valence-electron chi connectivity index (χ2n) is 6.53. The zero-order valence-corrected chi connectivity index (χ0v) is 15.9. The van der Waals surface area contributed by atoms with Gasteiger partial charge in [0, 0.05) is 17.4 Å². The highest BCUT2D eigenvalue weighted by Gasteiger charge is 2.23. The van der Waals surface area contributed by atoms with Gasteiger partial charge in [0.1, 0.15) is 4.88 Å². The van der Waals surface area contributed by atoms with Crippen molar-refractivity contribution < 1.29 is 9.59 Å². The van der Waals surface area contributed by atoms with Crippen molar-refractivity contribution >= 4 is 34.6 Å². The van der Waals surface area contributed by atoms with E-state index in [2.05, 4.69) is 27.9 Å². The molecular formula is C19H24N4O2S. The molecule has 1 heterocycles. The fourth-order valence-corrected chi connectivity index (χ4v) is 3.50. The van der Waals surface area contributed by atoms with Crippen molar-refractivity contribution in [2.75, 3.05) is 10.6 Å². The second-order valence-corrected chi connectivity index (χ2v) is 7.61. The lowest BCUT2D eigenvalue weighted by Gasteiger charge is -2.08. The first-order chi connectivity index (χ1) is 12.5. The van der Waals surface area contributed by atoms with Crippen LogP contribution in [0, 0.1) is 6.92 Å². The molecule has 0 atom stereocenters. The highest BCUT2D eigenvalue weighted by atomic mass is 32.1. The van der Waals surface area contributed by atoms with E-state index in [9.17, 15) is 9.59 Å². The summed E-state index contributed by atoms with van der Waals surface area (Å²) in [5.41, 5.74) is 2.15. The molecule has 1 aromatic heterocycles. The number of amides is 3. The Labute approximate surface area is 157 Å². The number of carbonyl (C=O) groups excluding carboxylic acids is 2. The lowest BCUT2D eigenvalue weighted by Crippen LogP contribution is -2.30. The minimum absolute atomic E-state index is 0.144. The number of unbranched alkanes of at least 4 members (excludes halogenated alkanes) is 1. The van der Waals surface area contributed by atoms with Gasteiger partial charge in [-0.15, -0.1) is 11.3 Å². The van der Waals surface area contributed by atoms with Gasteiger partial charge in [-0.05, 0) is 56.9 Å². The Morgan fingerprint density at radius 2 is 1.81 bits per heavy atom. The highest BCUT2D eigenvalue weighted by molar-refractivity contribution is 7.13. The lowest BCUT2D eigenvalue weighted by molar-refractivity contribution is 0.103. The average Bonchev–Trinajstić information content (AvgIpc) is 3.34. The molecule has 1 saturated carbocycles. The van der Waals surface area contributed by atoms with E-state index in [-0.39, 0.29) is 11.9 Å². The normalized spacial score (nSPS) is 13.3. The van der Waals surface area contributed by atoms with Crippen molar-refractivity contribution in [1.29, 1.82) is 0 Å². The predicted octanol–water partition coefficient (Wildman–Crippen LogP) is 4.33. The zero-order chi connectivity index (χ0) is 18.5. The summed E-state index contributed by atoms with van der Waals surface area (Å²) in [7, 11) is 0. The number of hydrogen-bond donors (Lipinski definition) is 3. The van der Waals surface area contributed by atoms with Gasteiger partial charge in [0.2, 0.25) is 0 Å². The molecule has 7 heteroatoms. The molecule has 0 unspecified atom stereocenters. The van der Waals surface area contributed by atoms with Crippen LogP contribution < -0.4 is 16.0 Å². The molecular weight excluding hydrogens is 348 g/mol. The average molecular weight is 372 g/mol. The van der Waals surface area contributed by atoms with Gasteiger partial charge < -0.3 is 16.0 Å². The predicted molar refractivity (Wildman–Crippen MR) is 105 cm³/mol. The van der Waals surface area contributed by atoms with E-state index >= 15 is 0 Å². The Balaban J connectivity index is 1.57. The molecule has 1 aromatic carbocycles. The van der Waals surface area contributed by atoms with Crippen molar-refractivity contribution in [2.45, 2.75) is 52.0 Å². The van der Waals surface area contributed by atoms with Gasteiger partial charge in [-0.1, -0.05) is 13.3 Å². The number of aromatic nitrogens is 1. The number of aryl methyl sites for hydroxylation is 2. The monoisotopic (exact) mass is 372 g/mol. The van der Waals surface area contributed by atoms with Crippen LogP contribution in [0.3, 0.4) is 0 Å². The Kier molecular flexibility index (Phi) is 5.88. The van der Waals surface area contributed by atoms with Crippen LogP contribution in [0.4, 0.5) is 16.2 Å². The summed E-state index contributed by atoms with van der Waals surface area (Å²) in [5, 5.41) is 9.56. The summed E-state index contributed by atoms with van der Waals surface area (Å²) in [6, 6.07) is 7.23. The number of hydrogen-bond acceptors (Lipinski definition) is 4. The van der Waals surface area contributed by atoms with E-state index in [1.807, 2.05) is 6.92 Å². The maximum absolute atomic E-state index is 12.5. The lowest BCUT2D eigenvalue weighted by atomic mass is 10.2. The first-order valence-electron chi connectivity index (χ1n) is 9.00. The number of nitrogens with zero attached hydrogens (tertiary/aromatic N) is 1. The van der Waals surface area contributed by atoms with Gasteiger partial charge in [-0.25, -0.2) is 9.78 Å². The summed E-state index contributed by atoms with van der Waals surface area (Å²) < 4.78 is 0. The molecule has 0 aliphatic heterocycles. The van der Waals surface area contributed by atoms with Crippen LogP contribution in [0.5, 0.6) is 0 Å². The molecule has 138 valence electrons. The van der Waals surface area contributed by atoms with E-state index in [0.29, 0.717) is 22.3 Å². The SMILES string of the molecule is CCCCc1nc(C)c(C(=O)Nc2ccc(NC(=O)NC3CC3)cc2)s1. The number of anilines is 2. The summed E-state index contributed by atoms with van der Waals surface area (Å²) in [4.78, 5) is 29.4. The molecule has 1 aliphatic carbocycles. The van der Waals surface area contributed by atoms with Gasteiger partial charge in [0.15, 0.2) is 0 Å². The number of urea groups is 1. The maximum atomic E-state index is 12.5. The first kappa shape index (κ1) is 18.4. The van der Waals surface area contributed by atoms with Crippen LogP contribution >= 0.6 is 11.3 Å². The number of rotatable bonds is 7. The van der Waals surface area contributed by atoms with Gasteiger partial charge >= 0.3 is 6.03 Å². The fourth-order valence-electron chi connectivity index (χ4n) is 2.50. The van der Waals surface area contributed by atoms with Crippen molar-refractivity contribution in [3.8, 4) is 0 Å². The second kappa shape index (κ2) is 8.31. The summed E-state index contributed by atoms with van der Waals surface area (Å²) in [5.74, 6) is -0.144. The Morgan fingerprint density at radius 1 is 1.15 bits per heavy atom. The standard InChI is InChI=1S/C19H24N4O2S/c1-3-4-5-16-20-12(2)17(26-16)18(24)21-13-6-8-14(9-7-13)22-19(25)23-15-10-11-15/h6-9,15H,3-5,10-11H2,1-2H3,(H,21,24)(H2,22,23,25). The van der Waals surface area contributed by atoms with Crippen LogP contribution in [0.2, 0.25) is 0 Å². The van der Waals surface area contributed by atoms with Crippen LogP contribution in [0.25, 0.3) is 0 Å².